The Balaban J connectivity index is 1.82. The molecule has 2 heterocycles. The van der Waals surface area contributed by atoms with Gasteiger partial charge in [-0.2, -0.15) is 13.2 Å². The minimum atomic E-state index is -4.71. The number of halogens is 6. The minimum absolute atomic E-state index is 0.0689. The Hall–Kier alpha value is -2.96. The average molecular weight is 523 g/mol. The molecule has 2 aliphatic rings. The second kappa shape index (κ2) is 11.4. The summed E-state index contributed by atoms with van der Waals surface area (Å²) in [5.41, 5.74) is 7.70. The number of amides is 1. The highest BCUT2D eigenvalue weighted by Gasteiger charge is 2.36. The van der Waals surface area contributed by atoms with Gasteiger partial charge in [-0.15, -0.1) is 13.2 Å². The molecule has 2 aliphatic heterocycles. The fraction of sp³-hybridized carbons (Fsp3) is 0.565. The number of carbonyl (C=O) groups excluding carboxylic acids is 1. The smallest absolute Gasteiger partial charge is 0.492 e. The Bertz CT molecular complexity index is 1010. The number of alkyl halides is 6. The van der Waals surface area contributed by atoms with Crippen LogP contribution in [0.3, 0.4) is 0 Å². The van der Waals surface area contributed by atoms with E-state index in [0.717, 1.165) is 0 Å². The summed E-state index contributed by atoms with van der Waals surface area (Å²) in [7, 11) is 0. The lowest BCUT2D eigenvalue weighted by Gasteiger charge is -2.32. The second-order valence-corrected chi connectivity index (χ2v) is 8.25. The summed E-state index contributed by atoms with van der Waals surface area (Å²) in [5, 5.41) is 0. The molecule has 0 saturated carbocycles. The fourth-order valence-electron chi connectivity index (χ4n) is 4.16. The van der Waals surface area contributed by atoms with Gasteiger partial charge in [0, 0.05) is 37.2 Å². The van der Waals surface area contributed by atoms with Crippen molar-refractivity contribution in [1.82, 2.24) is 0 Å². The molecule has 36 heavy (non-hydrogen) atoms. The monoisotopic (exact) mass is 523 g/mol. The number of ether oxygens (including phenoxy) is 3. The number of hydrogen-bond acceptors (Lipinski definition) is 6. The third-order valence-electron chi connectivity index (χ3n) is 5.72. The van der Waals surface area contributed by atoms with Crippen LogP contribution in [0.25, 0.3) is 0 Å². The molecule has 1 amide bonds. The topological polar surface area (TPSA) is 86.4 Å². The second-order valence-electron chi connectivity index (χ2n) is 8.25. The highest BCUT2D eigenvalue weighted by Crippen LogP contribution is 2.37. The van der Waals surface area contributed by atoms with E-state index in [1.54, 1.807) is 6.92 Å². The van der Waals surface area contributed by atoms with Crippen molar-refractivity contribution < 1.29 is 45.3 Å². The van der Waals surface area contributed by atoms with E-state index in [0.29, 0.717) is 30.8 Å². The van der Waals surface area contributed by atoms with Crippen molar-refractivity contribution in [2.45, 2.75) is 45.1 Å². The van der Waals surface area contributed by atoms with Crippen LogP contribution in [0.2, 0.25) is 0 Å². The highest BCUT2D eigenvalue weighted by atomic mass is 19.4. The number of aliphatic imine (C=N–C) groups is 1. The molecule has 0 spiro atoms. The third-order valence-corrected chi connectivity index (χ3v) is 5.72. The van der Waals surface area contributed by atoms with Crippen LogP contribution in [0.5, 0.6) is 11.5 Å². The van der Waals surface area contributed by atoms with Gasteiger partial charge in [0.05, 0.1) is 30.2 Å². The maximum Gasteiger partial charge on any atom is 0.522 e. The van der Waals surface area contributed by atoms with Gasteiger partial charge in [-0.05, 0) is 38.3 Å². The van der Waals surface area contributed by atoms with Gasteiger partial charge >= 0.3 is 12.5 Å². The van der Waals surface area contributed by atoms with E-state index < -0.39 is 31.7 Å². The van der Waals surface area contributed by atoms with Gasteiger partial charge in [-0.25, -0.2) is 0 Å². The van der Waals surface area contributed by atoms with E-state index >= 15 is 0 Å². The summed E-state index contributed by atoms with van der Waals surface area (Å²) in [4.78, 5) is 19.4. The summed E-state index contributed by atoms with van der Waals surface area (Å²) < 4.78 is 88.5. The molecule has 0 aromatic heterocycles. The van der Waals surface area contributed by atoms with Crippen molar-refractivity contribution in [3.8, 4) is 11.5 Å². The number of rotatable bonds is 9. The van der Waals surface area contributed by atoms with Crippen LogP contribution in [0.4, 0.5) is 32.0 Å². The Morgan fingerprint density at radius 1 is 1.17 bits per heavy atom. The van der Waals surface area contributed by atoms with Crippen LogP contribution >= 0.6 is 0 Å². The predicted octanol–water partition coefficient (Wildman–Crippen LogP) is 4.75. The zero-order valence-corrected chi connectivity index (χ0v) is 19.5. The lowest BCUT2D eigenvalue weighted by Crippen LogP contribution is -2.43. The number of allylic oxidation sites excluding steroid dienone is 1. The zero-order valence-electron chi connectivity index (χ0n) is 19.5. The molecule has 13 heteroatoms. The molecule has 0 radical (unpaired) electrons. The van der Waals surface area contributed by atoms with Crippen molar-refractivity contribution in [1.29, 1.82) is 0 Å². The number of piperidine rings is 1. The summed E-state index contributed by atoms with van der Waals surface area (Å²) in [6, 6.07) is 4.04. The number of nitrogens with zero attached hydrogens (tertiary/aromatic N) is 2. The van der Waals surface area contributed by atoms with Crippen molar-refractivity contribution in [3.05, 3.63) is 29.5 Å². The predicted molar refractivity (Wildman–Crippen MR) is 119 cm³/mol. The quantitative estimate of drug-likeness (QED) is 0.373. The third kappa shape index (κ3) is 7.28. The Morgan fingerprint density at radius 2 is 1.92 bits per heavy atom. The maximum absolute atomic E-state index is 13.5. The normalized spacial score (nSPS) is 19.1. The molecule has 0 aliphatic carbocycles. The average Bonchev–Trinajstić information content (AvgIpc) is 2.94. The Labute approximate surface area is 203 Å². The number of hydrogen-bond donors (Lipinski definition) is 1. The SMILES string of the molecule is CCOc1cc(OCC(F)(F)F)ccc1N1CCC2=NCCC(CCCOC(F)(F)F)C(N)=C2C1=O. The van der Waals surface area contributed by atoms with Crippen molar-refractivity contribution >= 4 is 17.3 Å². The van der Waals surface area contributed by atoms with E-state index in [1.165, 1.54) is 23.1 Å². The van der Waals surface area contributed by atoms with Crippen LogP contribution in [-0.4, -0.2) is 57.1 Å². The molecule has 2 N–H and O–H groups in total. The Kier molecular flexibility index (Phi) is 8.75. The van der Waals surface area contributed by atoms with Gasteiger partial charge in [-0.3, -0.25) is 14.5 Å². The lowest BCUT2D eigenvalue weighted by atomic mass is 9.90. The first-order valence-electron chi connectivity index (χ1n) is 11.4. The van der Waals surface area contributed by atoms with Crippen LogP contribution < -0.4 is 20.1 Å². The molecule has 3 rings (SSSR count). The fourth-order valence-corrected chi connectivity index (χ4v) is 4.16. The minimum Gasteiger partial charge on any atom is -0.492 e. The number of anilines is 1. The van der Waals surface area contributed by atoms with E-state index in [1.807, 2.05) is 0 Å². The molecule has 7 nitrogen and oxygen atoms in total. The van der Waals surface area contributed by atoms with Gasteiger partial charge < -0.3 is 20.1 Å². The number of fused-ring (bicyclic) bond motifs is 1. The molecular formula is C23H27F6N3O4. The Morgan fingerprint density at radius 3 is 2.58 bits per heavy atom. The molecular weight excluding hydrogens is 496 g/mol. The van der Waals surface area contributed by atoms with Crippen LogP contribution in [-0.2, 0) is 9.53 Å². The van der Waals surface area contributed by atoms with Gasteiger partial charge in [0.25, 0.3) is 5.91 Å². The first-order chi connectivity index (χ1) is 16.9. The zero-order chi connectivity index (χ0) is 26.5. The van der Waals surface area contributed by atoms with E-state index in [9.17, 15) is 31.1 Å². The van der Waals surface area contributed by atoms with Crippen molar-refractivity contribution in [2.75, 3.05) is 37.8 Å². The number of nitrogens with two attached hydrogens (primary N) is 1. The molecule has 1 aromatic rings. The van der Waals surface area contributed by atoms with E-state index in [-0.39, 0.29) is 54.7 Å². The van der Waals surface area contributed by atoms with E-state index in [2.05, 4.69) is 9.73 Å². The maximum atomic E-state index is 13.5. The van der Waals surface area contributed by atoms with Gasteiger partial charge in [-0.1, -0.05) is 0 Å². The van der Waals surface area contributed by atoms with Gasteiger partial charge in [0.2, 0.25) is 0 Å². The number of benzene rings is 1. The molecule has 1 unspecified atom stereocenters. The summed E-state index contributed by atoms with van der Waals surface area (Å²) in [5.74, 6) is -0.715. The first-order valence-corrected chi connectivity index (χ1v) is 11.4. The highest BCUT2D eigenvalue weighted by molar-refractivity contribution is 6.29. The van der Waals surface area contributed by atoms with Gasteiger partial charge in [0.1, 0.15) is 11.5 Å². The standard InChI is InChI=1S/C23H27F6N3O4/c1-2-34-18-12-15(35-13-22(24,25)26)5-6-17(18)32-10-8-16-19(21(32)33)20(30)14(7-9-31-16)4-3-11-36-23(27,28)29/h5-6,12,14H,2-4,7-11,13,30H2,1H3. The van der Waals surface area contributed by atoms with Crippen LogP contribution in [0.15, 0.2) is 34.5 Å². The molecule has 1 atom stereocenters. The number of carbonyl (C=O) groups is 1. The molecule has 1 saturated heterocycles. The molecule has 200 valence electrons. The van der Waals surface area contributed by atoms with Crippen molar-refractivity contribution in [2.24, 2.45) is 16.6 Å². The van der Waals surface area contributed by atoms with Crippen molar-refractivity contribution in [3.63, 3.8) is 0 Å². The first kappa shape index (κ1) is 27.6. The van der Waals surface area contributed by atoms with Crippen LogP contribution in [0.1, 0.15) is 32.6 Å². The van der Waals surface area contributed by atoms with Crippen LogP contribution in [0, 0.1) is 5.92 Å². The lowest BCUT2D eigenvalue weighted by molar-refractivity contribution is -0.324. The van der Waals surface area contributed by atoms with E-state index in [4.69, 9.17) is 15.2 Å². The molecule has 1 aromatic carbocycles. The largest absolute Gasteiger partial charge is 0.522 e. The van der Waals surface area contributed by atoms with Gasteiger partial charge in [0.15, 0.2) is 6.61 Å². The molecule has 0 bridgehead atoms. The molecule has 1 fully saturated rings. The summed E-state index contributed by atoms with van der Waals surface area (Å²) in [6.45, 7) is 0.510. The summed E-state index contributed by atoms with van der Waals surface area (Å²) in [6.07, 6.45) is -7.98. The summed E-state index contributed by atoms with van der Waals surface area (Å²) >= 11 is 0.